The molecule has 3 heterocycles. The van der Waals surface area contributed by atoms with Gasteiger partial charge in [-0.1, -0.05) is 0 Å². The molecule has 0 bridgehead atoms. The van der Waals surface area contributed by atoms with Crippen LogP contribution in [-0.2, 0) is 6.54 Å². The molecule has 0 saturated carbocycles. The fourth-order valence-corrected chi connectivity index (χ4v) is 2.78. The van der Waals surface area contributed by atoms with Gasteiger partial charge in [-0.25, -0.2) is 14.6 Å². The molecule has 0 unspecified atom stereocenters. The summed E-state index contributed by atoms with van der Waals surface area (Å²) in [5, 5.41) is 8.56. The number of aromatic amines is 1. The topological polar surface area (TPSA) is 92.7 Å². The Morgan fingerprint density at radius 1 is 1.29 bits per heavy atom. The molecule has 0 amide bonds. The number of rotatable bonds is 4. The van der Waals surface area contributed by atoms with Gasteiger partial charge in [0.15, 0.2) is 5.82 Å². The number of H-pyrrole nitrogens is 1. The Hall–Kier alpha value is -2.48. The van der Waals surface area contributed by atoms with E-state index in [2.05, 4.69) is 20.4 Å². The molecule has 0 aliphatic carbocycles. The lowest BCUT2D eigenvalue weighted by atomic mass is 10.3. The molecule has 7 nitrogen and oxygen atoms in total. The Bertz CT molecular complexity index is 895. The van der Waals surface area contributed by atoms with Crippen molar-refractivity contribution in [1.82, 2.24) is 19.7 Å². The van der Waals surface area contributed by atoms with Crippen molar-refractivity contribution in [1.29, 1.82) is 0 Å². The van der Waals surface area contributed by atoms with Crippen LogP contribution in [0.3, 0.4) is 0 Å². The molecular weight excluding hydrogens is 290 g/mol. The third-order valence-corrected chi connectivity index (χ3v) is 3.71. The highest BCUT2D eigenvalue weighted by atomic mass is 32.1. The number of nitrogens with zero attached hydrogens (tertiary/aromatic N) is 3. The molecule has 0 aromatic carbocycles. The van der Waals surface area contributed by atoms with E-state index in [-0.39, 0.29) is 17.7 Å². The first-order valence-corrected chi connectivity index (χ1v) is 7.33. The van der Waals surface area contributed by atoms with E-state index >= 15 is 0 Å². The Kier molecular flexibility index (Phi) is 3.53. The average Bonchev–Trinajstić information content (AvgIpc) is 2.92. The lowest BCUT2D eigenvalue weighted by Crippen LogP contribution is -2.29. The van der Waals surface area contributed by atoms with Gasteiger partial charge in [-0.05, 0) is 18.4 Å². The Balaban J connectivity index is 2.06. The molecule has 3 aromatic heterocycles. The number of hydrogen-bond donors (Lipinski definition) is 2. The lowest BCUT2D eigenvalue weighted by Gasteiger charge is -2.08. The van der Waals surface area contributed by atoms with Crippen LogP contribution in [0.1, 0.15) is 12.7 Å². The number of hydrogen-bond acceptors (Lipinski definition) is 6. The maximum atomic E-state index is 11.7. The standard InChI is InChI=1S/C13H13N5O2S/c1-2-14-12-8-5-6-21-13(8)16-9(15-12)7-18-11(20)4-3-10(19)17-18/h3-6H,2,7H2,1H3,(H,17,19)(H,14,15,16). The van der Waals surface area contributed by atoms with Crippen LogP contribution in [0.25, 0.3) is 10.2 Å². The first-order chi connectivity index (χ1) is 10.2. The van der Waals surface area contributed by atoms with Gasteiger partial charge in [0.2, 0.25) is 0 Å². The van der Waals surface area contributed by atoms with Gasteiger partial charge in [-0.15, -0.1) is 11.3 Å². The summed E-state index contributed by atoms with van der Waals surface area (Å²) >= 11 is 1.51. The minimum absolute atomic E-state index is 0.126. The van der Waals surface area contributed by atoms with Gasteiger partial charge in [0.1, 0.15) is 17.2 Å². The maximum absolute atomic E-state index is 11.7. The van der Waals surface area contributed by atoms with Crippen molar-refractivity contribution >= 4 is 27.4 Å². The molecule has 21 heavy (non-hydrogen) atoms. The van der Waals surface area contributed by atoms with E-state index in [9.17, 15) is 9.59 Å². The molecule has 0 atom stereocenters. The first kappa shape index (κ1) is 13.5. The molecular formula is C13H13N5O2S. The zero-order valence-corrected chi connectivity index (χ0v) is 12.1. The number of anilines is 1. The zero-order chi connectivity index (χ0) is 14.8. The number of aromatic nitrogens is 4. The number of nitrogens with one attached hydrogen (secondary N) is 2. The number of fused-ring (bicyclic) bond motifs is 1. The van der Waals surface area contributed by atoms with E-state index in [4.69, 9.17) is 0 Å². The molecule has 3 rings (SSSR count). The van der Waals surface area contributed by atoms with Crippen LogP contribution in [-0.4, -0.2) is 26.3 Å². The van der Waals surface area contributed by atoms with Gasteiger partial charge in [-0.2, -0.15) is 0 Å². The van der Waals surface area contributed by atoms with Crippen LogP contribution in [0.5, 0.6) is 0 Å². The van der Waals surface area contributed by atoms with Gasteiger partial charge in [0.05, 0.1) is 5.39 Å². The predicted octanol–water partition coefficient (Wildman–Crippen LogP) is 1.02. The van der Waals surface area contributed by atoms with Gasteiger partial charge in [-0.3, -0.25) is 14.7 Å². The quantitative estimate of drug-likeness (QED) is 0.750. The van der Waals surface area contributed by atoms with Crippen LogP contribution in [0.15, 0.2) is 33.2 Å². The molecule has 8 heteroatoms. The Morgan fingerprint density at radius 3 is 2.95 bits per heavy atom. The molecule has 108 valence electrons. The molecule has 0 spiro atoms. The smallest absolute Gasteiger partial charge is 0.265 e. The van der Waals surface area contributed by atoms with Crippen molar-refractivity contribution in [3.8, 4) is 0 Å². The molecule has 0 aliphatic rings. The monoisotopic (exact) mass is 303 g/mol. The maximum Gasteiger partial charge on any atom is 0.265 e. The summed E-state index contributed by atoms with van der Waals surface area (Å²) in [6.07, 6.45) is 0. The highest BCUT2D eigenvalue weighted by molar-refractivity contribution is 7.16. The molecule has 0 saturated heterocycles. The molecule has 0 fully saturated rings. The third kappa shape index (κ3) is 2.70. The molecule has 0 aliphatic heterocycles. The second-order valence-corrected chi connectivity index (χ2v) is 5.29. The third-order valence-electron chi connectivity index (χ3n) is 2.90. The minimum Gasteiger partial charge on any atom is -0.370 e. The van der Waals surface area contributed by atoms with Crippen molar-refractivity contribution in [3.05, 3.63) is 50.1 Å². The van der Waals surface area contributed by atoms with Crippen LogP contribution < -0.4 is 16.4 Å². The van der Waals surface area contributed by atoms with Gasteiger partial charge >= 0.3 is 0 Å². The molecule has 3 aromatic rings. The van der Waals surface area contributed by atoms with Gasteiger partial charge in [0.25, 0.3) is 11.1 Å². The van der Waals surface area contributed by atoms with E-state index in [1.54, 1.807) is 0 Å². The van der Waals surface area contributed by atoms with Crippen molar-refractivity contribution in [2.24, 2.45) is 0 Å². The van der Waals surface area contributed by atoms with Gasteiger partial charge < -0.3 is 5.32 Å². The highest BCUT2D eigenvalue weighted by Crippen LogP contribution is 2.24. The second-order valence-electron chi connectivity index (χ2n) is 4.39. The first-order valence-electron chi connectivity index (χ1n) is 6.45. The summed E-state index contributed by atoms with van der Waals surface area (Å²) in [5.74, 6) is 1.22. The van der Waals surface area contributed by atoms with Crippen molar-refractivity contribution in [2.45, 2.75) is 13.5 Å². The van der Waals surface area contributed by atoms with Crippen molar-refractivity contribution in [2.75, 3.05) is 11.9 Å². The Morgan fingerprint density at radius 2 is 2.14 bits per heavy atom. The zero-order valence-electron chi connectivity index (χ0n) is 11.3. The van der Waals surface area contributed by atoms with Gasteiger partial charge in [0, 0.05) is 18.7 Å². The SMILES string of the molecule is CCNc1nc(Cn2[nH]c(=O)ccc2=O)nc2sccc12. The van der Waals surface area contributed by atoms with Crippen LogP contribution >= 0.6 is 11.3 Å². The van der Waals surface area contributed by atoms with E-state index in [0.717, 1.165) is 22.6 Å². The molecule has 0 radical (unpaired) electrons. The fraction of sp³-hybridized carbons (Fsp3) is 0.231. The molecule has 2 N–H and O–H groups in total. The largest absolute Gasteiger partial charge is 0.370 e. The summed E-state index contributed by atoms with van der Waals surface area (Å²) in [6.45, 7) is 2.85. The van der Waals surface area contributed by atoms with Crippen LogP contribution in [0.2, 0.25) is 0 Å². The number of thiophene rings is 1. The summed E-state index contributed by atoms with van der Waals surface area (Å²) in [7, 11) is 0. The van der Waals surface area contributed by atoms with E-state index in [0.29, 0.717) is 5.82 Å². The second kappa shape index (κ2) is 5.49. The average molecular weight is 303 g/mol. The van der Waals surface area contributed by atoms with E-state index in [1.165, 1.54) is 28.2 Å². The summed E-state index contributed by atoms with van der Waals surface area (Å²) in [4.78, 5) is 32.7. The van der Waals surface area contributed by atoms with Crippen LogP contribution in [0.4, 0.5) is 5.82 Å². The fourth-order valence-electron chi connectivity index (χ4n) is 1.99. The summed E-state index contributed by atoms with van der Waals surface area (Å²) in [5.41, 5.74) is -0.631. The minimum atomic E-state index is -0.335. The normalized spacial score (nSPS) is 10.9. The predicted molar refractivity (Wildman–Crippen MR) is 82.0 cm³/mol. The lowest BCUT2D eigenvalue weighted by molar-refractivity contribution is 0.607. The van der Waals surface area contributed by atoms with E-state index < -0.39 is 0 Å². The van der Waals surface area contributed by atoms with Crippen LogP contribution in [0, 0.1) is 0 Å². The van der Waals surface area contributed by atoms with Crippen molar-refractivity contribution < 1.29 is 0 Å². The van der Waals surface area contributed by atoms with Crippen molar-refractivity contribution in [3.63, 3.8) is 0 Å². The summed E-state index contributed by atoms with van der Waals surface area (Å²) in [6, 6.07) is 4.39. The van der Waals surface area contributed by atoms with E-state index in [1.807, 2.05) is 18.4 Å². The highest BCUT2D eigenvalue weighted by Gasteiger charge is 2.09. The Labute approximate surface area is 123 Å². The summed E-state index contributed by atoms with van der Waals surface area (Å²) < 4.78 is 1.20.